The summed E-state index contributed by atoms with van der Waals surface area (Å²) in [5.41, 5.74) is 11.3. The number of imidazole rings is 1. The zero-order chi connectivity index (χ0) is 28.4. The number of ether oxygens (including phenoxy) is 2. The number of pyridine rings is 2. The van der Waals surface area contributed by atoms with Crippen LogP contribution in [0.4, 0.5) is 16.3 Å². The Hall–Kier alpha value is -5.12. The quantitative estimate of drug-likeness (QED) is 0.180. The van der Waals surface area contributed by atoms with Crippen molar-refractivity contribution in [3.63, 3.8) is 0 Å². The van der Waals surface area contributed by atoms with Gasteiger partial charge < -0.3 is 25.5 Å². The van der Waals surface area contributed by atoms with Gasteiger partial charge in [-0.3, -0.25) is 9.88 Å². The number of unbranched alkanes of at least 4 members (excludes halogenated alkanes) is 1. The van der Waals surface area contributed by atoms with E-state index in [1.807, 2.05) is 60.7 Å². The van der Waals surface area contributed by atoms with E-state index < -0.39 is 0 Å². The van der Waals surface area contributed by atoms with E-state index in [0.29, 0.717) is 42.7 Å². The van der Waals surface area contributed by atoms with Gasteiger partial charge in [0, 0.05) is 36.9 Å². The molecule has 5 aromatic rings. The van der Waals surface area contributed by atoms with E-state index in [1.165, 1.54) is 0 Å². The molecule has 2 amide bonds. The molecule has 0 aliphatic carbocycles. The highest BCUT2D eigenvalue weighted by molar-refractivity contribution is 5.92. The van der Waals surface area contributed by atoms with Gasteiger partial charge in [0.05, 0.1) is 37.6 Å². The number of nitrogens with two attached hydrogens (primary N) is 1. The molecule has 41 heavy (non-hydrogen) atoms. The Morgan fingerprint density at radius 3 is 2.73 bits per heavy atom. The largest absolute Gasteiger partial charge is 0.493 e. The van der Waals surface area contributed by atoms with Crippen molar-refractivity contribution in [2.24, 2.45) is 0 Å². The van der Waals surface area contributed by atoms with Crippen LogP contribution in [0.25, 0.3) is 11.0 Å². The molecule has 0 atom stereocenters. The molecule has 3 heterocycles. The van der Waals surface area contributed by atoms with Gasteiger partial charge in [-0.1, -0.05) is 12.1 Å². The Morgan fingerprint density at radius 1 is 0.976 bits per heavy atom. The fourth-order valence-electron chi connectivity index (χ4n) is 4.53. The molecule has 10 nitrogen and oxygen atoms in total. The summed E-state index contributed by atoms with van der Waals surface area (Å²) in [5.74, 6) is 1.71. The highest BCUT2D eigenvalue weighted by atomic mass is 16.5. The van der Waals surface area contributed by atoms with Gasteiger partial charge in [0.1, 0.15) is 5.82 Å². The van der Waals surface area contributed by atoms with Crippen LogP contribution in [0.1, 0.15) is 29.5 Å². The third-order valence-corrected chi connectivity index (χ3v) is 6.66. The smallest absolute Gasteiger partial charge is 0.322 e. The number of benzene rings is 2. The van der Waals surface area contributed by atoms with E-state index in [-0.39, 0.29) is 6.03 Å². The number of fused-ring (bicyclic) bond motifs is 1. The molecule has 210 valence electrons. The van der Waals surface area contributed by atoms with Crippen LogP contribution < -0.4 is 25.4 Å². The standard InChI is InChI=1S/C31H33N7O3/c1-40-29-17-25(8-10-28(29)41-14-3-2-5-22-11-13-34-30(32)16-22)38(20-24-6-4-12-33-18-24)31(39)35-19-23-7-9-26-27(15-23)37-21-36-26/h4,6-13,15-18,21H,2-3,5,14,19-20H2,1H3,(H2,32,34)(H,35,39)(H,36,37). The molecule has 10 heteroatoms. The van der Waals surface area contributed by atoms with Crippen molar-refractivity contribution in [2.75, 3.05) is 24.4 Å². The molecule has 0 bridgehead atoms. The number of carbonyl (C=O) groups excluding carboxylic acids is 1. The van der Waals surface area contributed by atoms with E-state index in [1.54, 1.807) is 36.9 Å². The lowest BCUT2D eigenvalue weighted by Gasteiger charge is -2.24. The van der Waals surface area contributed by atoms with Gasteiger partial charge in [-0.25, -0.2) is 14.8 Å². The van der Waals surface area contributed by atoms with Crippen LogP contribution in [-0.4, -0.2) is 39.7 Å². The molecule has 0 saturated heterocycles. The van der Waals surface area contributed by atoms with Crippen LogP contribution >= 0.6 is 0 Å². The van der Waals surface area contributed by atoms with Crippen molar-refractivity contribution >= 4 is 28.6 Å². The lowest BCUT2D eigenvalue weighted by molar-refractivity contribution is 0.245. The van der Waals surface area contributed by atoms with Gasteiger partial charge in [0.15, 0.2) is 11.5 Å². The zero-order valence-electron chi connectivity index (χ0n) is 22.9. The maximum Gasteiger partial charge on any atom is 0.322 e. The molecule has 0 unspecified atom stereocenters. The maximum absolute atomic E-state index is 13.5. The summed E-state index contributed by atoms with van der Waals surface area (Å²) in [4.78, 5) is 30.8. The molecule has 0 fully saturated rings. The van der Waals surface area contributed by atoms with Gasteiger partial charge in [-0.05, 0) is 78.4 Å². The zero-order valence-corrected chi connectivity index (χ0v) is 22.9. The Balaban J connectivity index is 1.25. The van der Waals surface area contributed by atoms with E-state index >= 15 is 0 Å². The summed E-state index contributed by atoms with van der Waals surface area (Å²) < 4.78 is 11.7. The van der Waals surface area contributed by atoms with Crippen LogP contribution in [0.15, 0.2) is 85.6 Å². The van der Waals surface area contributed by atoms with Crippen LogP contribution in [0.3, 0.4) is 0 Å². The molecular formula is C31H33N7O3. The van der Waals surface area contributed by atoms with Gasteiger partial charge in [0.25, 0.3) is 0 Å². The topological polar surface area (TPSA) is 131 Å². The highest BCUT2D eigenvalue weighted by Gasteiger charge is 2.19. The van der Waals surface area contributed by atoms with Gasteiger partial charge in [-0.2, -0.15) is 0 Å². The second-order valence-electron chi connectivity index (χ2n) is 9.59. The molecule has 2 aromatic carbocycles. The number of H-pyrrole nitrogens is 1. The number of amides is 2. The summed E-state index contributed by atoms with van der Waals surface area (Å²) in [6.07, 6.45) is 9.57. The number of hydrogen-bond donors (Lipinski definition) is 3. The van der Waals surface area contributed by atoms with Crippen molar-refractivity contribution in [1.82, 2.24) is 25.3 Å². The Labute approximate surface area is 238 Å². The molecular weight excluding hydrogens is 518 g/mol. The minimum atomic E-state index is -0.244. The first kappa shape index (κ1) is 27.4. The number of hydrogen-bond acceptors (Lipinski definition) is 7. The average molecular weight is 552 g/mol. The number of methoxy groups -OCH3 is 1. The summed E-state index contributed by atoms with van der Waals surface area (Å²) in [7, 11) is 1.59. The number of nitrogens with one attached hydrogen (secondary N) is 2. The number of anilines is 2. The number of aryl methyl sites for hydroxylation is 1. The van der Waals surface area contributed by atoms with E-state index in [9.17, 15) is 4.79 Å². The molecule has 4 N–H and O–H groups in total. The number of aromatic nitrogens is 4. The molecule has 0 radical (unpaired) electrons. The Kier molecular flexibility index (Phi) is 8.90. The monoisotopic (exact) mass is 551 g/mol. The van der Waals surface area contributed by atoms with E-state index in [2.05, 4.69) is 25.3 Å². The fraction of sp³-hybridized carbons (Fsp3) is 0.226. The summed E-state index contributed by atoms with van der Waals surface area (Å²) in [5, 5.41) is 3.04. The minimum absolute atomic E-state index is 0.244. The fourth-order valence-corrected chi connectivity index (χ4v) is 4.53. The normalized spacial score (nSPS) is 10.9. The van der Waals surface area contributed by atoms with E-state index in [0.717, 1.165) is 47.0 Å². The van der Waals surface area contributed by atoms with Crippen LogP contribution in [0.2, 0.25) is 0 Å². The minimum Gasteiger partial charge on any atom is -0.493 e. The number of nitrogen functional groups attached to an aromatic ring is 1. The molecule has 5 rings (SSSR count). The predicted molar refractivity (Wildman–Crippen MR) is 159 cm³/mol. The van der Waals surface area contributed by atoms with Gasteiger partial charge in [-0.15, -0.1) is 0 Å². The molecule has 0 spiro atoms. The average Bonchev–Trinajstić information content (AvgIpc) is 3.47. The lowest BCUT2D eigenvalue weighted by atomic mass is 10.1. The van der Waals surface area contributed by atoms with E-state index in [4.69, 9.17) is 15.2 Å². The lowest BCUT2D eigenvalue weighted by Crippen LogP contribution is -2.39. The van der Waals surface area contributed by atoms with Crippen LogP contribution in [0.5, 0.6) is 11.5 Å². The number of urea groups is 1. The predicted octanol–water partition coefficient (Wildman–Crippen LogP) is 5.26. The second-order valence-corrected chi connectivity index (χ2v) is 9.59. The SMILES string of the molecule is COc1cc(N(Cc2cccnc2)C(=O)NCc2ccc3nc[nH]c3c2)ccc1OCCCCc1ccnc(N)c1. The number of rotatable bonds is 12. The molecule has 0 aliphatic heterocycles. The number of nitrogens with zero attached hydrogens (tertiary/aromatic N) is 4. The van der Waals surface area contributed by atoms with Crippen molar-refractivity contribution in [2.45, 2.75) is 32.4 Å². The third-order valence-electron chi connectivity index (χ3n) is 6.66. The maximum atomic E-state index is 13.5. The Bertz CT molecular complexity index is 1590. The van der Waals surface area contributed by atoms with Crippen molar-refractivity contribution in [3.05, 3.63) is 102 Å². The molecule has 3 aromatic heterocycles. The first-order chi connectivity index (χ1) is 20.1. The van der Waals surface area contributed by atoms with Crippen molar-refractivity contribution < 1.29 is 14.3 Å². The number of carbonyl (C=O) groups is 1. The molecule has 0 saturated carbocycles. The van der Waals surface area contributed by atoms with Gasteiger partial charge >= 0.3 is 6.03 Å². The van der Waals surface area contributed by atoms with Crippen molar-refractivity contribution in [1.29, 1.82) is 0 Å². The molecule has 0 aliphatic rings. The van der Waals surface area contributed by atoms with Crippen molar-refractivity contribution in [3.8, 4) is 11.5 Å². The van der Waals surface area contributed by atoms with Crippen LogP contribution in [0, 0.1) is 0 Å². The Morgan fingerprint density at radius 2 is 1.90 bits per heavy atom. The highest BCUT2D eigenvalue weighted by Crippen LogP contribution is 2.33. The number of aromatic amines is 1. The summed E-state index contributed by atoms with van der Waals surface area (Å²) in [6, 6.07) is 18.8. The first-order valence-electron chi connectivity index (χ1n) is 13.5. The third kappa shape index (κ3) is 7.30. The summed E-state index contributed by atoms with van der Waals surface area (Å²) >= 11 is 0. The summed E-state index contributed by atoms with van der Waals surface area (Å²) in [6.45, 7) is 1.24. The van der Waals surface area contributed by atoms with Crippen LogP contribution in [-0.2, 0) is 19.5 Å². The second kappa shape index (κ2) is 13.3. The van der Waals surface area contributed by atoms with Gasteiger partial charge in [0.2, 0.25) is 0 Å². The first-order valence-corrected chi connectivity index (χ1v) is 13.5.